The normalized spacial score (nSPS) is 21.7. The number of ether oxygens (including phenoxy) is 1. The molecule has 3 unspecified atom stereocenters. The molecule has 0 radical (unpaired) electrons. The molecule has 3 rings (SSSR count). The Morgan fingerprint density at radius 1 is 1.23 bits per heavy atom. The maximum absolute atomic E-state index is 14.0. The molecule has 3 N–H and O–H groups in total. The van der Waals surface area contributed by atoms with E-state index in [2.05, 4.69) is 20.3 Å². The highest BCUT2D eigenvalue weighted by Crippen LogP contribution is 2.25. The fourth-order valence-electron chi connectivity index (χ4n) is 3.33. The van der Waals surface area contributed by atoms with Crippen molar-refractivity contribution in [3.05, 3.63) is 54.4 Å². The smallest absolute Gasteiger partial charge is 0.319 e. The van der Waals surface area contributed by atoms with E-state index in [1.807, 2.05) is 6.07 Å². The summed E-state index contributed by atoms with van der Waals surface area (Å²) in [7, 11) is -2.34. The molecule has 0 aliphatic heterocycles. The fourth-order valence-corrected chi connectivity index (χ4v) is 4.61. The lowest BCUT2D eigenvalue weighted by molar-refractivity contribution is -0.000425. The number of carbonyl (C=O) groups excluding carboxylic acids is 1. The summed E-state index contributed by atoms with van der Waals surface area (Å²) in [6, 6.07) is 8.51. The summed E-state index contributed by atoms with van der Waals surface area (Å²) in [6.45, 7) is 0.316. The molecule has 2 aromatic rings. The number of rotatable bonds is 7. The van der Waals surface area contributed by atoms with Crippen LogP contribution in [0.25, 0.3) is 0 Å². The molecule has 1 fully saturated rings. The van der Waals surface area contributed by atoms with Crippen LogP contribution in [0.2, 0.25) is 0 Å². The average Bonchev–Trinajstić information content (AvgIpc) is 2.73. The Morgan fingerprint density at radius 2 is 2.00 bits per heavy atom. The van der Waals surface area contributed by atoms with E-state index in [0.29, 0.717) is 25.1 Å². The highest BCUT2D eigenvalue weighted by atomic mass is 32.2. The summed E-state index contributed by atoms with van der Waals surface area (Å²) < 4.78 is 46.8. The van der Waals surface area contributed by atoms with Crippen molar-refractivity contribution in [2.24, 2.45) is 0 Å². The first kappa shape index (κ1) is 22.1. The quantitative estimate of drug-likeness (QED) is 0.618. The van der Waals surface area contributed by atoms with Crippen molar-refractivity contribution in [3.8, 4) is 0 Å². The van der Waals surface area contributed by atoms with Gasteiger partial charge in [0.2, 0.25) is 10.0 Å². The van der Waals surface area contributed by atoms with Crippen LogP contribution in [0.4, 0.5) is 14.9 Å². The van der Waals surface area contributed by atoms with Crippen molar-refractivity contribution < 1.29 is 22.3 Å². The summed E-state index contributed by atoms with van der Waals surface area (Å²) in [4.78, 5) is 16.0. The number of urea groups is 1. The number of aromatic nitrogens is 1. The lowest BCUT2D eigenvalue weighted by Gasteiger charge is -2.31. The van der Waals surface area contributed by atoms with Crippen LogP contribution in [0.3, 0.4) is 0 Å². The number of nitrogens with zero attached hydrogens (tertiary/aromatic N) is 1. The zero-order valence-electron chi connectivity index (χ0n) is 16.5. The van der Waals surface area contributed by atoms with E-state index in [9.17, 15) is 17.6 Å². The summed E-state index contributed by atoms with van der Waals surface area (Å²) in [5.41, 5.74) is 1.30. The van der Waals surface area contributed by atoms with Crippen LogP contribution in [0.1, 0.15) is 24.8 Å². The van der Waals surface area contributed by atoms with Crippen molar-refractivity contribution >= 4 is 21.7 Å². The van der Waals surface area contributed by atoms with Gasteiger partial charge in [-0.05, 0) is 55.2 Å². The summed E-state index contributed by atoms with van der Waals surface area (Å²) in [5.74, 6) is 0. The Balaban J connectivity index is 1.53. The van der Waals surface area contributed by atoms with E-state index in [1.165, 1.54) is 31.4 Å². The highest BCUT2D eigenvalue weighted by Gasteiger charge is 2.32. The number of hydrogen-bond donors (Lipinski definition) is 3. The molecule has 3 atom stereocenters. The maximum Gasteiger partial charge on any atom is 0.319 e. The fraction of sp³-hybridized carbons (Fsp3) is 0.400. The van der Waals surface area contributed by atoms with Gasteiger partial charge in [0.25, 0.3) is 0 Å². The van der Waals surface area contributed by atoms with Gasteiger partial charge in [0.15, 0.2) is 0 Å². The van der Waals surface area contributed by atoms with Gasteiger partial charge in [0, 0.05) is 37.8 Å². The average molecular weight is 437 g/mol. The Kier molecular flexibility index (Phi) is 7.35. The van der Waals surface area contributed by atoms with Crippen molar-refractivity contribution in [3.63, 3.8) is 0 Å². The van der Waals surface area contributed by atoms with Gasteiger partial charge >= 0.3 is 6.03 Å². The van der Waals surface area contributed by atoms with Gasteiger partial charge in [-0.15, -0.1) is 0 Å². The van der Waals surface area contributed by atoms with Crippen LogP contribution in [0.5, 0.6) is 0 Å². The van der Waals surface area contributed by atoms with Crippen LogP contribution < -0.4 is 15.4 Å². The molecule has 162 valence electrons. The lowest BCUT2D eigenvalue weighted by Crippen LogP contribution is -2.43. The van der Waals surface area contributed by atoms with Gasteiger partial charge in [-0.2, -0.15) is 0 Å². The number of amides is 2. The minimum absolute atomic E-state index is 0.0492. The number of methoxy groups -OCH3 is 1. The SMILES string of the molecule is COC1CCC(NS(=O)(=O)c2ccc(NC(=O)NCc3cccnc3)cc2)CC1F. The summed E-state index contributed by atoms with van der Waals surface area (Å²) >= 11 is 0. The van der Waals surface area contributed by atoms with Gasteiger partial charge in [-0.25, -0.2) is 22.3 Å². The maximum atomic E-state index is 14.0. The Morgan fingerprint density at radius 3 is 2.63 bits per heavy atom. The third-order valence-electron chi connectivity index (χ3n) is 4.94. The second-order valence-corrected chi connectivity index (χ2v) is 8.83. The predicted molar refractivity (Wildman–Crippen MR) is 110 cm³/mol. The molecule has 2 amide bonds. The third-order valence-corrected chi connectivity index (χ3v) is 6.47. The summed E-state index contributed by atoms with van der Waals surface area (Å²) in [6.07, 6.45) is 2.66. The number of benzene rings is 1. The number of carbonyl (C=O) groups is 1. The van der Waals surface area contributed by atoms with Gasteiger partial charge in [-0.3, -0.25) is 4.98 Å². The molecule has 0 saturated heterocycles. The van der Waals surface area contributed by atoms with Crippen LogP contribution >= 0.6 is 0 Å². The van der Waals surface area contributed by atoms with Gasteiger partial charge < -0.3 is 15.4 Å². The number of pyridine rings is 1. The van der Waals surface area contributed by atoms with Crippen LogP contribution in [0, 0.1) is 0 Å². The van der Waals surface area contributed by atoms with Crippen LogP contribution in [0.15, 0.2) is 53.7 Å². The second-order valence-electron chi connectivity index (χ2n) is 7.11. The molecule has 1 aliphatic carbocycles. The molecule has 1 aromatic heterocycles. The zero-order valence-corrected chi connectivity index (χ0v) is 17.4. The Hall–Kier alpha value is -2.56. The molecule has 10 heteroatoms. The monoisotopic (exact) mass is 436 g/mol. The third kappa shape index (κ3) is 5.97. The molecular weight excluding hydrogens is 411 g/mol. The molecule has 1 aromatic carbocycles. The first-order chi connectivity index (χ1) is 14.4. The number of hydrogen-bond acceptors (Lipinski definition) is 5. The summed E-state index contributed by atoms with van der Waals surface area (Å²) in [5, 5.41) is 5.33. The second kappa shape index (κ2) is 9.96. The van der Waals surface area contributed by atoms with E-state index in [0.717, 1.165) is 5.56 Å². The molecular formula is C20H25FN4O4S. The Labute approximate surface area is 175 Å². The largest absolute Gasteiger partial charge is 0.378 e. The van der Waals surface area contributed by atoms with Gasteiger partial charge in [0.05, 0.1) is 11.0 Å². The number of halogens is 1. The molecule has 0 spiro atoms. The Bertz CT molecular complexity index is 941. The van der Waals surface area contributed by atoms with Gasteiger partial charge in [-0.1, -0.05) is 6.07 Å². The number of nitrogens with one attached hydrogen (secondary N) is 3. The van der Waals surface area contributed by atoms with Crippen molar-refractivity contribution in [1.29, 1.82) is 0 Å². The van der Waals surface area contributed by atoms with E-state index >= 15 is 0 Å². The van der Waals surface area contributed by atoms with Crippen molar-refractivity contribution in [2.45, 2.75) is 49.0 Å². The predicted octanol–water partition coefficient (Wildman–Crippen LogP) is 2.59. The number of sulfonamides is 1. The topological polar surface area (TPSA) is 109 Å². The molecule has 1 saturated carbocycles. The van der Waals surface area contributed by atoms with E-state index < -0.39 is 34.4 Å². The van der Waals surface area contributed by atoms with Crippen LogP contribution in [-0.2, 0) is 21.3 Å². The van der Waals surface area contributed by atoms with E-state index in [-0.39, 0.29) is 11.3 Å². The standard InChI is InChI=1S/C20H25FN4O4S/c1-29-19-9-6-16(11-18(19)21)25-30(27,28)17-7-4-15(5-8-17)24-20(26)23-13-14-3-2-10-22-12-14/h2-5,7-8,10,12,16,18-19,25H,6,9,11,13H2,1H3,(H2,23,24,26). The minimum atomic E-state index is -3.79. The lowest BCUT2D eigenvalue weighted by atomic mass is 9.92. The molecule has 1 heterocycles. The van der Waals surface area contributed by atoms with E-state index in [4.69, 9.17) is 4.74 Å². The first-order valence-corrected chi connectivity index (χ1v) is 11.1. The highest BCUT2D eigenvalue weighted by molar-refractivity contribution is 7.89. The molecule has 30 heavy (non-hydrogen) atoms. The van der Waals surface area contributed by atoms with Crippen molar-refractivity contribution in [1.82, 2.24) is 15.0 Å². The number of alkyl halides is 1. The van der Waals surface area contributed by atoms with Gasteiger partial charge in [0.1, 0.15) is 6.17 Å². The molecule has 0 bridgehead atoms. The number of anilines is 1. The molecule has 1 aliphatic rings. The zero-order chi connectivity index (χ0) is 21.6. The first-order valence-electron chi connectivity index (χ1n) is 9.60. The van der Waals surface area contributed by atoms with Crippen molar-refractivity contribution in [2.75, 3.05) is 12.4 Å². The minimum Gasteiger partial charge on any atom is -0.378 e. The van der Waals surface area contributed by atoms with Crippen LogP contribution in [-0.4, -0.2) is 44.9 Å². The molecule has 8 nitrogen and oxygen atoms in total. The van der Waals surface area contributed by atoms with E-state index in [1.54, 1.807) is 18.5 Å².